The van der Waals surface area contributed by atoms with Gasteiger partial charge >= 0.3 is 15.6 Å². The Hall–Kier alpha value is -1.70. The van der Waals surface area contributed by atoms with E-state index in [4.69, 9.17) is 19.6 Å². The van der Waals surface area contributed by atoms with Crippen molar-refractivity contribution < 1.29 is 43.2 Å². The van der Waals surface area contributed by atoms with Gasteiger partial charge in [-0.05, 0) is 56.4 Å². The van der Waals surface area contributed by atoms with Gasteiger partial charge in [-0.2, -0.15) is 4.31 Å². The van der Waals surface area contributed by atoms with Gasteiger partial charge in [0.25, 0.3) is 0 Å². The SMILES string of the molecule is C/C(=C\Cc1c(C)c(O)c2ccccc2c1O)CCC[C@H](C)CCC[C@H](C)CCCC(C)C.O=P(O)(O)OP(=O)(O)O. The fourth-order valence-corrected chi connectivity index (χ4v) is 6.16. The van der Waals surface area contributed by atoms with E-state index in [1.54, 1.807) is 0 Å². The zero-order chi connectivity index (χ0) is 32.1. The molecule has 0 aliphatic rings. The van der Waals surface area contributed by atoms with E-state index in [1.807, 2.05) is 31.2 Å². The van der Waals surface area contributed by atoms with Crippen molar-refractivity contribution in [1.29, 1.82) is 0 Å². The van der Waals surface area contributed by atoms with Crippen LogP contribution < -0.4 is 0 Å². The molecule has 0 saturated heterocycles. The standard InChI is InChI=1S/C31H48O2.H4O7P2/c1-22(2)12-9-13-23(3)14-10-15-24(4)16-11-17-25(5)20-21-27-26(6)30(32)28-18-7-8-19-29(28)31(27)33;1-8(2,3)7-9(4,5)6/h7-8,18-20,22-24,32-33H,9-17,21H2,1-6H3;(H2,1,2,3)(H2,4,5,6)/b25-20+;/t23-,24-;/m1./s1. The Labute approximate surface area is 251 Å². The highest BCUT2D eigenvalue weighted by Gasteiger charge is 2.28. The second-order valence-electron chi connectivity index (χ2n) is 12.0. The first kappa shape index (κ1) is 38.3. The number of fused-ring (bicyclic) bond motifs is 1. The predicted octanol–water partition coefficient (Wildman–Crippen LogP) is 8.68. The maximum atomic E-state index is 10.8. The zero-order valence-corrected chi connectivity index (χ0v) is 27.8. The van der Waals surface area contributed by atoms with Gasteiger partial charge in [-0.25, -0.2) is 9.13 Å². The summed E-state index contributed by atoms with van der Waals surface area (Å²) in [5, 5.41) is 22.8. The molecule has 0 aliphatic heterocycles. The Morgan fingerprint density at radius 2 is 1.24 bits per heavy atom. The molecule has 240 valence electrons. The maximum absolute atomic E-state index is 10.8. The molecular formula is C31H52O9P2. The summed E-state index contributed by atoms with van der Waals surface area (Å²) >= 11 is 0. The van der Waals surface area contributed by atoms with Gasteiger partial charge in [0.15, 0.2) is 0 Å². The van der Waals surface area contributed by atoms with E-state index in [0.29, 0.717) is 12.2 Å². The summed E-state index contributed by atoms with van der Waals surface area (Å²) in [7, 11) is -10.1. The smallest absolute Gasteiger partial charge is 0.478 e. The lowest BCUT2D eigenvalue weighted by Crippen LogP contribution is -2.00. The van der Waals surface area contributed by atoms with Gasteiger partial charge < -0.3 is 29.8 Å². The van der Waals surface area contributed by atoms with Crippen molar-refractivity contribution in [1.82, 2.24) is 0 Å². The maximum Gasteiger partial charge on any atom is 0.478 e. The average molecular weight is 631 g/mol. The van der Waals surface area contributed by atoms with Crippen LogP contribution in [0.25, 0.3) is 10.8 Å². The fourth-order valence-electron chi connectivity index (χ4n) is 5.06. The summed E-state index contributed by atoms with van der Waals surface area (Å²) in [5.41, 5.74) is 2.98. The van der Waals surface area contributed by atoms with E-state index in [1.165, 1.54) is 56.9 Å². The molecule has 0 fully saturated rings. The summed E-state index contributed by atoms with van der Waals surface area (Å²) in [6.45, 7) is 13.6. The second kappa shape index (κ2) is 18.2. The molecule has 6 N–H and O–H groups in total. The van der Waals surface area contributed by atoms with Gasteiger partial charge in [-0.15, -0.1) is 0 Å². The monoisotopic (exact) mass is 630 g/mol. The van der Waals surface area contributed by atoms with Crippen molar-refractivity contribution in [2.24, 2.45) is 17.8 Å². The minimum absolute atomic E-state index is 0.285. The lowest BCUT2D eigenvalue weighted by Gasteiger charge is -2.15. The first-order valence-corrected chi connectivity index (χ1v) is 17.9. The number of aromatic hydroxyl groups is 2. The van der Waals surface area contributed by atoms with Crippen molar-refractivity contribution in [3.05, 3.63) is 47.0 Å². The molecule has 0 amide bonds. The van der Waals surface area contributed by atoms with E-state index in [0.717, 1.165) is 46.1 Å². The minimum Gasteiger partial charge on any atom is -0.507 e. The highest BCUT2D eigenvalue weighted by molar-refractivity contribution is 7.60. The first-order valence-electron chi connectivity index (χ1n) is 14.8. The van der Waals surface area contributed by atoms with Crippen molar-refractivity contribution in [3.8, 4) is 11.5 Å². The summed E-state index contributed by atoms with van der Waals surface area (Å²) in [5.74, 6) is 3.09. The number of hydrogen-bond donors (Lipinski definition) is 6. The van der Waals surface area contributed by atoms with Gasteiger partial charge in [0.2, 0.25) is 0 Å². The van der Waals surface area contributed by atoms with Crippen LogP contribution in [0, 0.1) is 24.7 Å². The van der Waals surface area contributed by atoms with Gasteiger partial charge in [0.05, 0.1) is 0 Å². The van der Waals surface area contributed by atoms with E-state index in [2.05, 4.69) is 45.0 Å². The summed E-state index contributed by atoms with van der Waals surface area (Å²) in [6.07, 6.45) is 14.7. The van der Waals surface area contributed by atoms with Crippen LogP contribution in [-0.2, 0) is 19.9 Å². The van der Waals surface area contributed by atoms with E-state index < -0.39 is 15.6 Å². The van der Waals surface area contributed by atoms with Gasteiger partial charge in [-0.3, -0.25) is 0 Å². The molecule has 2 aromatic carbocycles. The molecule has 42 heavy (non-hydrogen) atoms. The van der Waals surface area contributed by atoms with E-state index >= 15 is 0 Å². The molecule has 9 nitrogen and oxygen atoms in total. The largest absolute Gasteiger partial charge is 0.507 e. The third-order valence-corrected chi connectivity index (χ3v) is 9.24. The summed E-state index contributed by atoms with van der Waals surface area (Å²) in [6, 6.07) is 7.52. The molecule has 11 heteroatoms. The molecule has 0 saturated carbocycles. The quantitative estimate of drug-likeness (QED) is 0.0604. The third kappa shape index (κ3) is 15.7. The Bertz CT molecular complexity index is 1210. The van der Waals surface area contributed by atoms with Crippen LogP contribution >= 0.6 is 15.6 Å². The average Bonchev–Trinajstić information content (AvgIpc) is 2.85. The number of phenolic OH excluding ortho intramolecular Hbond substituents is 2. The minimum atomic E-state index is -5.05. The molecule has 0 unspecified atom stereocenters. The van der Waals surface area contributed by atoms with E-state index in [9.17, 15) is 19.3 Å². The fraction of sp³-hybridized carbons (Fsp3) is 0.613. The summed E-state index contributed by atoms with van der Waals surface area (Å²) < 4.78 is 22.2. The van der Waals surface area contributed by atoms with Gasteiger partial charge in [0, 0.05) is 16.3 Å². The molecular weight excluding hydrogens is 578 g/mol. The lowest BCUT2D eigenvalue weighted by molar-refractivity contribution is 0.225. The van der Waals surface area contributed by atoms with Crippen LogP contribution in [0.1, 0.15) is 104 Å². The van der Waals surface area contributed by atoms with E-state index in [-0.39, 0.29) is 5.75 Å². The van der Waals surface area contributed by atoms with Crippen molar-refractivity contribution >= 4 is 26.4 Å². The summed E-state index contributed by atoms with van der Waals surface area (Å²) in [4.78, 5) is 31.0. The molecule has 2 atom stereocenters. The highest BCUT2D eigenvalue weighted by atomic mass is 31.3. The van der Waals surface area contributed by atoms with Crippen LogP contribution in [0.3, 0.4) is 0 Å². The zero-order valence-electron chi connectivity index (χ0n) is 26.0. The number of hydrogen-bond acceptors (Lipinski definition) is 5. The highest BCUT2D eigenvalue weighted by Crippen LogP contribution is 2.53. The molecule has 0 aliphatic carbocycles. The van der Waals surface area contributed by atoms with Crippen molar-refractivity contribution in [2.45, 2.75) is 106 Å². The van der Waals surface area contributed by atoms with Crippen LogP contribution in [0.2, 0.25) is 0 Å². The molecule has 0 bridgehead atoms. The predicted molar refractivity (Wildman–Crippen MR) is 169 cm³/mol. The van der Waals surface area contributed by atoms with Crippen molar-refractivity contribution in [3.63, 3.8) is 0 Å². The molecule has 0 radical (unpaired) electrons. The van der Waals surface area contributed by atoms with Crippen LogP contribution in [0.4, 0.5) is 0 Å². The lowest BCUT2D eigenvalue weighted by atomic mass is 9.91. The molecule has 0 spiro atoms. The van der Waals surface area contributed by atoms with Gasteiger partial charge in [0.1, 0.15) is 11.5 Å². The molecule has 0 aromatic heterocycles. The molecule has 2 aromatic rings. The number of phenols is 2. The third-order valence-electron chi connectivity index (χ3n) is 7.54. The number of phosphoric acid groups is 2. The Balaban J connectivity index is 0.000000844. The number of allylic oxidation sites excluding steroid dienone is 2. The second-order valence-corrected chi connectivity index (χ2v) is 14.6. The number of benzene rings is 2. The molecule has 2 rings (SSSR count). The van der Waals surface area contributed by atoms with Gasteiger partial charge in [-0.1, -0.05) is 109 Å². The Morgan fingerprint density at radius 1 is 0.786 bits per heavy atom. The Morgan fingerprint density at radius 3 is 1.69 bits per heavy atom. The number of rotatable bonds is 16. The van der Waals surface area contributed by atoms with Crippen molar-refractivity contribution in [2.75, 3.05) is 0 Å². The van der Waals surface area contributed by atoms with Crippen LogP contribution in [-0.4, -0.2) is 29.8 Å². The van der Waals surface area contributed by atoms with Crippen LogP contribution in [0.5, 0.6) is 11.5 Å². The Kier molecular flexibility index (Phi) is 16.6. The topological polar surface area (TPSA) is 165 Å². The first-order chi connectivity index (χ1) is 19.4. The molecule has 0 heterocycles. The normalized spacial score (nSPS) is 14.1. The van der Waals surface area contributed by atoms with Crippen LogP contribution in [0.15, 0.2) is 35.9 Å².